The lowest BCUT2D eigenvalue weighted by atomic mass is 10.0. The summed E-state index contributed by atoms with van der Waals surface area (Å²) in [7, 11) is 0. The van der Waals surface area contributed by atoms with Crippen molar-refractivity contribution in [3.8, 4) is 11.1 Å². The Bertz CT molecular complexity index is 877. The van der Waals surface area contributed by atoms with Crippen LogP contribution in [0, 0.1) is 6.92 Å². The van der Waals surface area contributed by atoms with E-state index in [1.165, 1.54) is 29.7 Å². The average molecular weight is 381 g/mol. The maximum Gasteiger partial charge on any atom is 0.262 e. The van der Waals surface area contributed by atoms with Crippen LogP contribution in [0.1, 0.15) is 39.9 Å². The molecule has 0 saturated carbocycles. The molecule has 0 radical (unpaired) electrons. The fourth-order valence-electron chi connectivity index (χ4n) is 3.66. The van der Waals surface area contributed by atoms with Crippen LogP contribution in [0.5, 0.6) is 0 Å². The summed E-state index contributed by atoms with van der Waals surface area (Å²) in [5.41, 5.74) is 3.29. The molecule has 3 aromatic rings. The van der Waals surface area contributed by atoms with E-state index in [1.54, 1.807) is 6.26 Å². The highest BCUT2D eigenvalue weighted by Gasteiger charge is 2.26. The number of hydrogen-bond acceptors (Lipinski definition) is 4. The van der Waals surface area contributed by atoms with Crippen LogP contribution < -0.4 is 5.32 Å². The summed E-state index contributed by atoms with van der Waals surface area (Å²) in [6.45, 7) is 4.72. The van der Waals surface area contributed by atoms with Crippen LogP contribution in [0.4, 0.5) is 0 Å². The van der Waals surface area contributed by atoms with Gasteiger partial charge in [0.15, 0.2) is 0 Å². The summed E-state index contributed by atoms with van der Waals surface area (Å²) in [5, 5.41) is 5.12. The molecule has 4 nitrogen and oxygen atoms in total. The van der Waals surface area contributed by atoms with Crippen molar-refractivity contribution in [1.82, 2.24) is 10.2 Å². The summed E-state index contributed by atoms with van der Waals surface area (Å²) < 4.78 is 5.64. The van der Waals surface area contributed by atoms with Crippen molar-refractivity contribution in [3.63, 3.8) is 0 Å². The number of rotatable bonds is 6. The van der Waals surface area contributed by atoms with Crippen molar-refractivity contribution < 1.29 is 9.21 Å². The Labute approximate surface area is 163 Å². The zero-order valence-corrected chi connectivity index (χ0v) is 16.3. The van der Waals surface area contributed by atoms with Crippen molar-refractivity contribution in [2.75, 3.05) is 19.6 Å². The number of aryl methyl sites for hydroxylation is 1. The van der Waals surface area contributed by atoms with Gasteiger partial charge in [0.25, 0.3) is 5.91 Å². The maximum absolute atomic E-state index is 12.9. The number of carbonyl (C=O) groups is 1. The molecule has 1 aliphatic rings. The third-order valence-electron chi connectivity index (χ3n) is 5.14. The van der Waals surface area contributed by atoms with Gasteiger partial charge in [0.05, 0.1) is 17.2 Å². The molecule has 1 atom stereocenters. The van der Waals surface area contributed by atoms with Gasteiger partial charge in [-0.05, 0) is 62.0 Å². The third-order valence-corrected chi connectivity index (χ3v) is 6.06. The van der Waals surface area contributed by atoms with E-state index in [4.69, 9.17) is 4.42 Å². The first-order chi connectivity index (χ1) is 13.2. The second kappa shape index (κ2) is 8.11. The highest BCUT2D eigenvalue weighted by molar-refractivity contribution is 7.12. The zero-order valence-electron chi connectivity index (χ0n) is 15.5. The van der Waals surface area contributed by atoms with Gasteiger partial charge in [-0.25, -0.2) is 0 Å². The topological polar surface area (TPSA) is 45.5 Å². The molecule has 140 valence electrons. The lowest BCUT2D eigenvalue weighted by molar-refractivity contribution is 0.0938. The molecular weight excluding hydrogens is 356 g/mol. The zero-order chi connectivity index (χ0) is 18.6. The van der Waals surface area contributed by atoms with E-state index in [0.29, 0.717) is 6.54 Å². The summed E-state index contributed by atoms with van der Waals surface area (Å²) in [6, 6.07) is 14.3. The number of carbonyl (C=O) groups excluding carboxylic acids is 1. The molecule has 1 aliphatic heterocycles. The van der Waals surface area contributed by atoms with E-state index in [0.717, 1.165) is 34.9 Å². The predicted octanol–water partition coefficient (Wildman–Crippen LogP) is 4.88. The molecule has 1 fully saturated rings. The molecule has 0 bridgehead atoms. The summed E-state index contributed by atoms with van der Waals surface area (Å²) in [4.78, 5) is 16.1. The number of likely N-dealkylation sites (tertiary alicyclic amines) is 1. The quantitative estimate of drug-likeness (QED) is 0.663. The SMILES string of the molecule is Cc1ccc(-c2ccsc2C(=O)NC[C@@H](c2ccco2)N2CCCC2)cc1. The first-order valence-corrected chi connectivity index (χ1v) is 10.3. The Hall–Kier alpha value is -2.37. The van der Waals surface area contributed by atoms with Crippen molar-refractivity contribution >= 4 is 17.2 Å². The summed E-state index contributed by atoms with van der Waals surface area (Å²) in [5.74, 6) is 0.901. The van der Waals surface area contributed by atoms with Crippen LogP contribution in [-0.2, 0) is 0 Å². The smallest absolute Gasteiger partial charge is 0.262 e. The molecule has 0 spiro atoms. The standard InChI is InChI=1S/C22H24N2O2S/c1-16-6-8-17(9-7-16)18-10-14-27-21(18)22(25)23-15-19(20-5-4-13-26-20)24-11-2-3-12-24/h4-10,13-14,19H,2-3,11-12,15H2,1H3,(H,23,25)/t19-/m0/s1. The van der Waals surface area contributed by atoms with Crippen LogP contribution >= 0.6 is 11.3 Å². The first-order valence-electron chi connectivity index (χ1n) is 9.42. The van der Waals surface area contributed by atoms with Gasteiger partial charge < -0.3 is 9.73 Å². The summed E-state index contributed by atoms with van der Waals surface area (Å²) >= 11 is 1.49. The second-order valence-corrected chi connectivity index (χ2v) is 7.93. The van der Waals surface area contributed by atoms with E-state index in [2.05, 4.69) is 41.4 Å². The van der Waals surface area contributed by atoms with E-state index in [9.17, 15) is 4.79 Å². The van der Waals surface area contributed by atoms with Crippen molar-refractivity contribution in [2.45, 2.75) is 25.8 Å². The molecule has 1 N–H and O–H groups in total. The van der Waals surface area contributed by atoms with E-state index >= 15 is 0 Å². The van der Waals surface area contributed by atoms with Gasteiger partial charge in [-0.1, -0.05) is 29.8 Å². The molecule has 2 aromatic heterocycles. The first kappa shape index (κ1) is 18.0. The minimum atomic E-state index is -0.0173. The highest BCUT2D eigenvalue weighted by Crippen LogP contribution is 2.29. The predicted molar refractivity (Wildman–Crippen MR) is 109 cm³/mol. The lowest BCUT2D eigenvalue weighted by Gasteiger charge is -2.26. The molecule has 1 saturated heterocycles. The van der Waals surface area contributed by atoms with Gasteiger partial charge >= 0.3 is 0 Å². The minimum absolute atomic E-state index is 0.0173. The van der Waals surface area contributed by atoms with Crippen molar-refractivity contribution in [3.05, 3.63) is 70.3 Å². The van der Waals surface area contributed by atoms with Gasteiger partial charge in [0, 0.05) is 12.1 Å². The number of amides is 1. The monoisotopic (exact) mass is 380 g/mol. The molecular formula is C22H24N2O2S. The molecule has 5 heteroatoms. The third kappa shape index (κ3) is 3.99. The molecule has 1 amide bonds. The number of furan rings is 1. The molecule has 3 heterocycles. The van der Waals surface area contributed by atoms with Gasteiger partial charge in [-0.3, -0.25) is 9.69 Å². The average Bonchev–Trinajstić information content (AvgIpc) is 3.44. The Morgan fingerprint density at radius 3 is 2.67 bits per heavy atom. The van der Waals surface area contributed by atoms with Crippen LogP contribution in [0.3, 0.4) is 0 Å². The fourth-order valence-corrected chi connectivity index (χ4v) is 4.49. The number of thiophene rings is 1. The molecule has 27 heavy (non-hydrogen) atoms. The van der Waals surface area contributed by atoms with Crippen LogP contribution in [0.15, 0.2) is 58.5 Å². The molecule has 4 rings (SSSR count). The lowest BCUT2D eigenvalue weighted by Crippen LogP contribution is -2.36. The normalized spacial score (nSPS) is 15.7. The van der Waals surface area contributed by atoms with Gasteiger partial charge in [0.1, 0.15) is 5.76 Å². The Kier molecular flexibility index (Phi) is 5.41. The van der Waals surface area contributed by atoms with Gasteiger partial charge in [-0.15, -0.1) is 11.3 Å². The van der Waals surface area contributed by atoms with E-state index in [1.807, 2.05) is 23.6 Å². The van der Waals surface area contributed by atoms with Crippen LogP contribution in [0.25, 0.3) is 11.1 Å². The molecule has 0 unspecified atom stereocenters. The minimum Gasteiger partial charge on any atom is -0.468 e. The largest absolute Gasteiger partial charge is 0.468 e. The van der Waals surface area contributed by atoms with Crippen molar-refractivity contribution in [1.29, 1.82) is 0 Å². The maximum atomic E-state index is 12.9. The molecule has 1 aromatic carbocycles. The fraction of sp³-hybridized carbons (Fsp3) is 0.318. The number of benzene rings is 1. The Balaban J connectivity index is 1.49. The van der Waals surface area contributed by atoms with Gasteiger partial charge in [0.2, 0.25) is 0 Å². The van der Waals surface area contributed by atoms with Crippen LogP contribution in [-0.4, -0.2) is 30.4 Å². The Morgan fingerprint density at radius 2 is 1.96 bits per heavy atom. The number of nitrogens with zero attached hydrogens (tertiary/aromatic N) is 1. The second-order valence-electron chi connectivity index (χ2n) is 7.01. The molecule has 0 aliphatic carbocycles. The number of nitrogens with one attached hydrogen (secondary N) is 1. The van der Waals surface area contributed by atoms with Crippen LogP contribution in [0.2, 0.25) is 0 Å². The number of hydrogen-bond donors (Lipinski definition) is 1. The summed E-state index contributed by atoms with van der Waals surface area (Å²) in [6.07, 6.45) is 4.11. The Morgan fingerprint density at radius 1 is 1.19 bits per heavy atom. The van der Waals surface area contributed by atoms with Crippen molar-refractivity contribution in [2.24, 2.45) is 0 Å². The van der Waals surface area contributed by atoms with Gasteiger partial charge in [-0.2, -0.15) is 0 Å². The van der Waals surface area contributed by atoms with E-state index in [-0.39, 0.29) is 11.9 Å². The highest BCUT2D eigenvalue weighted by atomic mass is 32.1. The van der Waals surface area contributed by atoms with E-state index < -0.39 is 0 Å².